The summed E-state index contributed by atoms with van der Waals surface area (Å²) in [6.07, 6.45) is 4.49. The Hall–Kier alpha value is -0.860. The first kappa shape index (κ1) is 28.2. The maximum atomic E-state index is 6.07. The molecule has 0 aliphatic heterocycles. The van der Waals surface area contributed by atoms with E-state index in [1.165, 1.54) is 4.88 Å². The number of ether oxygens (including phenoxy) is 6. The Balaban J connectivity index is 2.32. The van der Waals surface area contributed by atoms with Crippen molar-refractivity contribution in [1.82, 2.24) is 0 Å². The van der Waals surface area contributed by atoms with Crippen LogP contribution in [0.4, 0.5) is 0 Å². The normalized spacial score (nSPS) is 11.8. The molecule has 0 amide bonds. The van der Waals surface area contributed by atoms with Gasteiger partial charge in [0.1, 0.15) is 13.2 Å². The maximum Gasteiger partial charge on any atom is 0.175 e. The molecule has 7 heteroatoms. The second-order valence-electron chi connectivity index (χ2n) is 8.36. The number of unbranched alkanes of at least 4 members (excludes halogenated alkanes) is 2. The molecule has 6 nitrogen and oxygen atoms in total. The van der Waals surface area contributed by atoms with Crippen LogP contribution in [0.25, 0.3) is 0 Å². The van der Waals surface area contributed by atoms with Crippen LogP contribution in [0, 0.1) is 0 Å². The van der Waals surface area contributed by atoms with Gasteiger partial charge in [-0.3, -0.25) is 0 Å². The summed E-state index contributed by atoms with van der Waals surface area (Å²) in [6, 6.07) is 0. The molecule has 0 saturated heterocycles. The van der Waals surface area contributed by atoms with Crippen molar-refractivity contribution in [2.75, 3.05) is 66.1 Å². The van der Waals surface area contributed by atoms with Gasteiger partial charge in [0.25, 0.3) is 0 Å². The summed E-state index contributed by atoms with van der Waals surface area (Å²) >= 11 is 1.67. The van der Waals surface area contributed by atoms with Crippen LogP contribution >= 0.6 is 11.3 Å². The zero-order chi connectivity index (χ0) is 22.8. The van der Waals surface area contributed by atoms with Crippen LogP contribution in [0.15, 0.2) is 5.38 Å². The number of rotatable bonds is 20. The predicted octanol–water partition coefficient (Wildman–Crippen LogP) is 5.47. The summed E-state index contributed by atoms with van der Waals surface area (Å²) in [5, 5.41) is 2.02. The molecular weight excluding hydrogens is 416 g/mol. The number of hydrogen-bond donors (Lipinski definition) is 0. The Morgan fingerprint density at radius 1 is 0.645 bits per heavy atom. The Bertz CT molecular complexity index is 541. The minimum absolute atomic E-state index is 0.0120. The van der Waals surface area contributed by atoms with E-state index < -0.39 is 0 Å². The highest BCUT2D eigenvalue weighted by molar-refractivity contribution is 7.10. The third kappa shape index (κ3) is 13.3. The van der Waals surface area contributed by atoms with Crippen molar-refractivity contribution in [3.8, 4) is 11.5 Å². The van der Waals surface area contributed by atoms with Crippen LogP contribution in [0.3, 0.4) is 0 Å². The fraction of sp³-hybridized carbons (Fsp3) is 0.833. The molecule has 0 aliphatic carbocycles. The molecule has 1 rings (SSSR count). The van der Waals surface area contributed by atoms with E-state index in [1.807, 2.05) is 5.38 Å². The predicted molar refractivity (Wildman–Crippen MR) is 127 cm³/mol. The molecule has 0 bridgehead atoms. The van der Waals surface area contributed by atoms with Gasteiger partial charge in [-0.1, -0.05) is 47.5 Å². The number of hydrogen-bond acceptors (Lipinski definition) is 7. The second kappa shape index (κ2) is 17.7. The largest absolute Gasteiger partial charge is 0.486 e. The Labute approximate surface area is 193 Å². The zero-order valence-corrected chi connectivity index (χ0v) is 21.2. The molecule has 182 valence electrons. The lowest BCUT2D eigenvalue weighted by atomic mass is 9.94. The topological polar surface area (TPSA) is 55.4 Å². The second-order valence-corrected chi connectivity index (χ2v) is 9.24. The fourth-order valence-electron chi connectivity index (χ4n) is 2.63. The highest BCUT2D eigenvalue weighted by atomic mass is 32.1. The summed E-state index contributed by atoms with van der Waals surface area (Å²) in [5.74, 6) is 1.60. The van der Waals surface area contributed by atoms with Crippen LogP contribution in [-0.4, -0.2) is 66.1 Å². The van der Waals surface area contributed by atoms with E-state index in [9.17, 15) is 0 Å². The minimum atomic E-state index is -0.0120. The van der Waals surface area contributed by atoms with Crippen molar-refractivity contribution in [3.63, 3.8) is 0 Å². The molecule has 0 N–H and O–H groups in total. The highest BCUT2D eigenvalue weighted by Crippen LogP contribution is 2.44. The average Bonchev–Trinajstić information content (AvgIpc) is 3.14. The van der Waals surface area contributed by atoms with Gasteiger partial charge in [0.15, 0.2) is 11.5 Å². The molecule has 1 aromatic heterocycles. The van der Waals surface area contributed by atoms with E-state index in [0.29, 0.717) is 52.9 Å². The number of thiophene rings is 1. The molecular formula is C24H44O6S. The SMILES string of the molecule is CCCCOCCOCCOc1csc(C(C)(C)C)c1OCCOCCOCCCC. The Morgan fingerprint density at radius 3 is 1.58 bits per heavy atom. The lowest BCUT2D eigenvalue weighted by Crippen LogP contribution is -2.15. The maximum absolute atomic E-state index is 6.07. The molecule has 0 aliphatic rings. The average molecular weight is 461 g/mol. The van der Waals surface area contributed by atoms with E-state index in [0.717, 1.165) is 50.4 Å². The first-order valence-electron chi connectivity index (χ1n) is 11.7. The minimum Gasteiger partial charge on any atom is -0.486 e. The van der Waals surface area contributed by atoms with E-state index in [2.05, 4.69) is 34.6 Å². The van der Waals surface area contributed by atoms with Gasteiger partial charge in [-0.15, -0.1) is 11.3 Å². The van der Waals surface area contributed by atoms with Gasteiger partial charge in [0.2, 0.25) is 0 Å². The van der Waals surface area contributed by atoms with Crippen LogP contribution in [0.2, 0.25) is 0 Å². The standard InChI is InChI=1S/C24H44O6S/c1-6-8-10-25-12-14-27-16-18-29-21-20-31-23(24(3,4)5)22(21)30-19-17-28-15-13-26-11-9-7-2/h20H,6-19H2,1-5H3. The first-order chi connectivity index (χ1) is 15.0. The van der Waals surface area contributed by atoms with Crippen LogP contribution < -0.4 is 9.47 Å². The van der Waals surface area contributed by atoms with Crippen molar-refractivity contribution in [2.45, 2.75) is 65.7 Å². The van der Waals surface area contributed by atoms with E-state index in [4.69, 9.17) is 28.4 Å². The van der Waals surface area contributed by atoms with Gasteiger partial charge in [0.05, 0.1) is 44.5 Å². The third-order valence-corrected chi connectivity index (χ3v) is 5.75. The van der Waals surface area contributed by atoms with Gasteiger partial charge in [-0.2, -0.15) is 0 Å². The van der Waals surface area contributed by atoms with E-state index in [-0.39, 0.29) is 5.41 Å². The summed E-state index contributed by atoms with van der Waals surface area (Å²) < 4.78 is 34.2. The molecule has 1 heterocycles. The van der Waals surface area contributed by atoms with Gasteiger partial charge >= 0.3 is 0 Å². The van der Waals surface area contributed by atoms with Crippen molar-refractivity contribution in [2.24, 2.45) is 0 Å². The molecule has 0 radical (unpaired) electrons. The first-order valence-corrected chi connectivity index (χ1v) is 12.6. The lowest BCUT2D eigenvalue weighted by Gasteiger charge is -2.20. The van der Waals surface area contributed by atoms with Crippen LogP contribution in [0.5, 0.6) is 11.5 Å². The highest BCUT2D eigenvalue weighted by Gasteiger charge is 2.25. The fourth-order valence-corrected chi connectivity index (χ4v) is 3.66. The summed E-state index contributed by atoms with van der Waals surface area (Å²) in [4.78, 5) is 1.18. The quantitative estimate of drug-likeness (QED) is 0.241. The van der Waals surface area contributed by atoms with Crippen molar-refractivity contribution >= 4 is 11.3 Å². The molecule has 0 spiro atoms. The molecule has 0 fully saturated rings. The molecule has 1 aromatic rings. The molecule has 0 saturated carbocycles. The summed E-state index contributed by atoms with van der Waals surface area (Å²) in [6.45, 7) is 16.9. The van der Waals surface area contributed by atoms with Gasteiger partial charge in [-0.05, 0) is 12.8 Å². The van der Waals surface area contributed by atoms with Crippen molar-refractivity contribution < 1.29 is 28.4 Å². The molecule has 31 heavy (non-hydrogen) atoms. The Morgan fingerprint density at radius 2 is 1.10 bits per heavy atom. The summed E-state index contributed by atoms with van der Waals surface area (Å²) in [5.41, 5.74) is -0.0120. The van der Waals surface area contributed by atoms with Gasteiger partial charge in [-0.25, -0.2) is 0 Å². The summed E-state index contributed by atoms with van der Waals surface area (Å²) in [7, 11) is 0. The Kier molecular flexibility index (Phi) is 16.1. The lowest BCUT2D eigenvalue weighted by molar-refractivity contribution is 0.0323. The van der Waals surface area contributed by atoms with E-state index in [1.54, 1.807) is 11.3 Å². The molecule has 0 aromatic carbocycles. The van der Waals surface area contributed by atoms with Crippen molar-refractivity contribution in [3.05, 3.63) is 10.3 Å². The van der Waals surface area contributed by atoms with Gasteiger partial charge < -0.3 is 28.4 Å². The van der Waals surface area contributed by atoms with Crippen LogP contribution in [-0.2, 0) is 24.4 Å². The monoisotopic (exact) mass is 460 g/mol. The molecule has 0 atom stereocenters. The van der Waals surface area contributed by atoms with Crippen LogP contribution in [0.1, 0.15) is 65.2 Å². The smallest absolute Gasteiger partial charge is 0.175 e. The third-order valence-electron chi connectivity index (χ3n) is 4.38. The van der Waals surface area contributed by atoms with Gasteiger partial charge in [0, 0.05) is 24.0 Å². The van der Waals surface area contributed by atoms with Crippen molar-refractivity contribution in [1.29, 1.82) is 0 Å². The van der Waals surface area contributed by atoms with E-state index >= 15 is 0 Å². The zero-order valence-electron chi connectivity index (χ0n) is 20.3. The molecule has 0 unspecified atom stereocenters.